The summed E-state index contributed by atoms with van der Waals surface area (Å²) < 4.78 is 5.48. The zero-order chi connectivity index (χ0) is 29.1. The van der Waals surface area contributed by atoms with E-state index in [9.17, 15) is 19.6 Å². The summed E-state index contributed by atoms with van der Waals surface area (Å²) in [4.78, 5) is 45.5. The summed E-state index contributed by atoms with van der Waals surface area (Å²) in [5, 5.41) is 9.71. The second kappa shape index (κ2) is 12.2. The number of Topliss-reactive ketones (excluding diaryl/α,β-unsaturated/α-hetero) is 2. The molecule has 0 spiro atoms. The van der Waals surface area contributed by atoms with E-state index in [1.54, 1.807) is 4.90 Å². The number of piperidine rings is 1. The Hall–Kier alpha value is -2.45. The van der Waals surface area contributed by atoms with Gasteiger partial charge in [-0.2, -0.15) is 0 Å². The van der Waals surface area contributed by atoms with Crippen LogP contribution >= 0.6 is 0 Å². The van der Waals surface area contributed by atoms with E-state index in [1.807, 2.05) is 62.3 Å². The molecular weight excluding hydrogens is 484 g/mol. The molecule has 0 atom stereocenters. The van der Waals surface area contributed by atoms with Gasteiger partial charge in [0.1, 0.15) is 5.60 Å². The summed E-state index contributed by atoms with van der Waals surface area (Å²) in [6, 6.07) is 1.46. The quantitative estimate of drug-likeness (QED) is 0.230. The van der Waals surface area contributed by atoms with Crippen molar-refractivity contribution in [3.05, 3.63) is 28.3 Å². The number of ketones is 2. The molecule has 0 bridgehead atoms. The van der Waals surface area contributed by atoms with Gasteiger partial charge in [0.2, 0.25) is 0 Å². The summed E-state index contributed by atoms with van der Waals surface area (Å²) in [6.07, 6.45) is 3.30. The lowest BCUT2D eigenvalue weighted by Gasteiger charge is -2.34. The molecule has 0 aromatic heterocycles. The smallest absolute Gasteiger partial charge is 0.410 e. The molecule has 0 radical (unpaired) electrons. The molecule has 3 N–H and O–H groups in total. The number of likely N-dealkylation sites (tertiary alicyclic amines) is 1. The second-order valence-electron chi connectivity index (χ2n) is 13.5. The monoisotopic (exact) mass is 532 g/mol. The molecule has 1 fully saturated rings. The molecule has 8 nitrogen and oxygen atoms in total. The van der Waals surface area contributed by atoms with Gasteiger partial charge in [0.15, 0.2) is 17.3 Å². The van der Waals surface area contributed by atoms with Crippen molar-refractivity contribution in [2.24, 2.45) is 11.7 Å². The first kappa shape index (κ1) is 31.8. The maximum absolute atomic E-state index is 13.8. The predicted molar refractivity (Wildman–Crippen MR) is 149 cm³/mol. The zero-order valence-electron chi connectivity index (χ0n) is 24.8. The Morgan fingerprint density at radius 3 is 1.95 bits per heavy atom. The fourth-order valence-electron chi connectivity index (χ4n) is 5.25. The lowest BCUT2D eigenvalue weighted by molar-refractivity contribution is -0.139. The standard InChI is InChI=1S/C30H48N2O6/c1-28(2,3)25-23(38-36)17-20(22(34)18-31)24(26(25)29(4,5)6)21(33)12-10-11-19-13-15-32(16-14-19)27(35)37-30(7,8)9/h17,19,36H,10-16,18,31H2,1-9H3. The molecule has 0 saturated carbocycles. The number of ether oxygens (including phenoxy) is 1. The van der Waals surface area contributed by atoms with Gasteiger partial charge in [-0.1, -0.05) is 41.5 Å². The van der Waals surface area contributed by atoms with Gasteiger partial charge in [-0.05, 0) is 74.8 Å². The summed E-state index contributed by atoms with van der Waals surface area (Å²) in [7, 11) is 0. The summed E-state index contributed by atoms with van der Waals surface area (Å²) >= 11 is 0. The molecule has 1 saturated heterocycles. The fourth-order valence-corrected chi connectivity index (χ4v) is 5.25. The first-order valence-electron chi connectivity index (χ1n) is 13.7. The van der Waals surface area contributed by atoms with Crippen LogP contribution in [0.1, 0.15) is 126 Å². The van der Waals surface area contributed by atoms with E-state index in [2.05, 4.69) is 0 Å². The minimum Gasteiger partial charge on any atom is -0.444 e. The van der Waals surface area contributed by atoms with Gasteiger partial charge in [0.25, 0.3) is 0 Å². The van der Waals surface area contributed by atoms with Crippen molar-refractivity contribution in [3.63, 3.8) is 0 Å². The average Bonchev–Trinajstić information content (AvgIpc) is 2.80. The molecule has 1 amide bonds. The van der Waals surface area contributed by atoms with Crippen molar-refractivity contribution in [1.29, 1.82) is 0 Å². The van der Waals surface area contributed by atoms with Crippen LogP contribution in [0.4, 0.5) is 4.79 Å². The first-order valence-corrected chi connectivity index (χ1v) is 13.7. The van der Waals surface area contributed by atoms with Crippen LogP contribution < -0.4 is 10.6 Å². The van der Waals surface area contributed by atoms with Crippen LogP contribution in [0.25, 0.3) is 0 Å². The molecule has 0 aliphatic carbocycles. The largest absolute Gasteiger partial charge is 0.444 e. The van der Waals surface area contributed by atoms with Crippen molar-refractivity contribution in [1.82, 2.24) is 4.90 Å². The van der Waals surface area contributed by atoms with Crippen LogP contribution in [-0.2, 0) is 15.6 Å². The lowest BCUT2D eigenvalue weighted by Crippen LogP contribution is -2.41. The Labute approximate surface area is 228 Å². The van der Waals surface area contributed by atoms with E-state index in [0.717, 1.165) is 19.3 Å². The number of nitrogens with two attached hydrogens (primary N) is 1. The zero-order valence-corrected chi connectivity index (χ0v) is 24.8. The number of benzene rings is 1. The summed E-state index contributed by atoms with van der Waals surface area (Å²) in [5.41, 5.74) is 6.25. The Morgan fingerprint density at radius 1 is 0.947 bits per heavy atom. The van der Waals surface area contributed by atoms with E-state index >= 15 is 0 Å². The molecule has 0 unspecified atom stereocenters. The highest BCUT2D eigenvalue weighted by Crippen LogP contribution is 2.44. The van der Waals surface area contributed by atoms with Crippen molar-refractivity contribution in [3.8, 4) is 5.75 Å². The normalized spacial score (nSPS) is 15.4. The average molecular weight is 533 g/mol. The van der Waals surface area contributed by atoms with E-state index in [0.29, 0.717) is 48.5 Å². The van der Waals surface area contributed by atoms with Gasteiger partial charge in [-0.3, -0.25) is 9.59 Å². The van der Waals surface area contributed by atoms with Crippen molar-refractivity contribution >= 4 is 17.7 Å². The highest BCUT2D eigenvalue weighted by atomic mass is 17.1. The van der Waals surface area contributed by atoms with Crippen molar-refractivity contribution < 1.29 is 29.3 Å². The number of hydrogen-bond acceptors (Lipinski definition) is 7. The fraction of sp³-hybridized carbons (Fsp3) is 0.700. The maximum atomic E-state index is 13.8. The van der Waals surface area contributed by atoms with E-state index < -0.39 is 16.4 Å². The molecule has 1 aromatic carbocycles. The number of hydrogen-bond donors (Lipinski definition) is 2. The molecule has 1 aliphatic heterocycles. The van der Waals surface area contributed by atoms with E-state index in [4.69, 9.17) is 15.4 Å². The van der Waals surface area contributed by atoms with Crippen LogP contribution in [-0.4, -0.2) is 53.1 Å². The van der Waals surface area contributed by atoms with Gasteiger partial charge in [-0.15, -0.1) is 0 Å². The number of rotatable bonds is 8. The van der Waals surface area contributed by atoms with Crippen LogP contribution in [0, 0.1) is 5.92 Å². The third-order valence-corrected chi connectivity index (χ3v) is 6.94. The molecule has 2 rings (SSSR count). The molecule has 38 heavy (non-hydrogen) atoms. The Kier molecular flexibility index (Phi) is 10.2. The van der Waals surface area contributed by atoms with Crippen LogP contribution in [0.2, 0.25) is 0 Å². The number of nitrogens with zero attached hydrogens (tertiary/aromatic N) is 1. The van der Waals surface area contributed by atoms with Gasteiger partial charge in [-0.25, -0.2) is 10.1 Å². The Bertz CT molecular complexity index is 1020. The number of carbonyl (C=O) groups excluding carboxylic acids is 3. The van der Waals surface area contributed by atoms with Gasteiger partial charge >= 0.3 is 6.09 Å². The second-order valence-corrected chi connectivity index (χ2v) is 13.5. The third-order valence-electron chi connectivity index (χ3n) is 6.94. The molecule has 214 valence electrons. The maximum Gasteiger partial charge on any atom is 0.410 e. The van der Waals surface area contributed by atoms with Gasteiger partial charge in [0.05, 0.1) is 6.54 Å². The first-order chi connectivity index (χ1) is 17.4. The summed E-state index contributed by atoms with van der Waals surface area (Å²) in [5.74, 6) is 0.122. The summed E-state index contributed by atoms with van der Waals surface area (Å²) in [6.45, 7) is 18.6. The highest BCUT2D eigenvalue weighted by Gasteiger charge is 2.36. The van der Waals surface area contributed by atoms with Crippen LogP contribution in [0.3, 0.4) is 0 Å². The van der Waals surface area contributed by atoms with E-state index in [1.165, 1.54) is 6.07 Å². The highest BCUT2D eigenvalue weighted by molar-refractivity contribution is 6.11. The predicted octanol–water partition coefficient (Wildman–Crippen LogP) is 6.27. The Morgan fingerprint density at radius 2 is 1.50 bits per heavy atom. The molecule has 1 heterocycles. The lowest BCUT2D eigenvalue weighted by atomic mass is 9.70. The van der Waals surface area contributed by atoms with Gasteiger partial charge in [0, 0.05) is 36.2 Å². The van der Waals surface area contributed by atoms with Crippen LogP contribution in [0.15, 0.2) is 6.07 Å². The number of carbonyl (C=O) groups is 3. The minimum atomic E-state index is -0.515. The topological polar surface area (TPSA) is 119 Å². The third kappa shape index (κ3) is 8.03. The molecule has 1 aromatic rings. The van der Waals surface area contributed by atoms with Crippen molar-refractivity contribution in [2.75, 3.05) is 19.6 Å². The van der Waals surface area contributed by atoms with Crippen LogP contribution in [0.5, 0.6) is 5.75 Å². The molecular formula is C30H48N2O6. The van der Waals surface area contributed by atoms with Crippen molar-refractivity contribution in [2.45, 2.75) is 111 Å². The van der Waals surface area contributed by atoms with E-state index in [-0.39, 0.29) is 35.5 Å². The SMILES string of the molecule is CC(C)(C)OC(=O)N1CCC(CCCC(=O)c2c(C(=O)CN)cc(OO)c(C(C)(C)C)c2C(C)(C)C)CC1. The van der Waals surface area contributed by atoms with Gasteiger partial charge < -0.3 is 20.3 Å². The Balaban J connectivity index is 2.25. The minimum absolute atomic E-state index is 0.104. The molecule has 8 heteroatoms. The molecule has 1 aliphatic rings. The number of amides is 1.